The van der Waals surface area contributed by atoms with Crippen LogP contribution in [0.1, 0.15) is 47.4 Å². The fourth-order valence-electron chi connectivity index (χ4n) is 3.86. The van der Waals surface area contributed by atoms with Gasteiger partial charge in [0.2, 0.25) is 0 Å². The number of rotatable bonds is 3. The van der Waals surface area contributed by atoms with Gasteiger partial charge in [-0.1, -0.05) is 18.2 Å². The largest absolute Gasteiger partial charge is 0.381 e. The van der Waals surface area contributed by atoms with E-state index >= 15 is 0 Å². The van der Waals surface area contributed by atoms with E-state index in [0.29, 0.717) is 11.7 Å². The number of nitrogens with one attached hydrogen (secondary N) is 2. The zero-order chi connectivity index (χ0) is 16.4. The Morgan fingerprint density at radius 2 is 2.00 bits per heavy atom. The number of anilines is 1. The van der Waals surface area contributed by atoms with Gasteiger partial charge < -0.3 is 10.2 Å². The highest BCUT2D eigenvalue weighted by atomic mass is 16.2. The number of likely N-dealkylation sites (tertiary alicyclic amines) is 1. The summed E-state index contributed by atoms with van der Waals surface area (Å²) >= 11 is 0. The summed E-state index contributed by atoms with van der Waals surface area (Å²) < 4.78 is 0. The van der Waals surface area contributed by atoms with Crippen LogP contribution >= 0.6 is 0 Å². The van der Waals surface area contributed by atoms with Crippen LogP contribution in [-0.4, -0.2) is 40.1 Å². The minimum absolute atomic E-state index is 0.0916. The summed E-state index contributed by atoms with van der Waals surface area (Å²) in [6.45, 7) is 1.57. The van der Waals surface area contributed by atoms with Crippen LogP contribution in [0.15, 0.2) is 30.3 Å². The second-order valence-electron chi connectivity index (χ2n) is 6.84. The average molecular weight is 324 g/mol. The van der Waals surface area contributed by atoms with Gasteiger partial charge in [0.25, 0.3) is 5.91 Å². The monoisotopic (exact) mass is 324 g/mol. The van der Waals surface area contributed by atoms with Crippen molar-refractivity contribution in [3.05, 3.63) is 47.3 Å². The maximum atomic E-state index is 12.9. The Kier molecular flexibility index (Phi) is 4.24. The molecule has 1 aliphatic heterocycles. The Bertz CT molecular complexity index is 709. The number of hydrogen-bond acceptors (Lipinski definition) is 3. The Morgan fingerprint density at radius 3 is 2.88 bits per heavy atom. The highest BCUT2D eigenvalue weighted by Gasteiger charge is 2.29. The predicted molar refractivity (Wildman–Crippen MR) is 94.2 cm³/mol. The molecule has 0 radical (unpaired) electrons. The molecule has 1 saturated heterocycles. The quantitative estimate of drug-likeness (QED) is 0.912. The summed E-state index contributed by atoms with van der Waals surface area (Å²) in [4.78, 5) is 14.9. The third-order valence-electron chi connectivity index (χ3n) is 5.11. The van der Waals surface area contributed by atoms with Gasteiger partial charge in [-0.25, -0.2) is 0 Å². The molecule has 4 rings (SSSR count). The second kappa shape index (κ2) is 6.67. The van der Waals surface area contributed by atoms with Gasteiger partial charge >= 0.3 is 0 Å². The smallest absolute Gasteiger partial charge is 0.274 e. The molecule has 1 aliphatic carbocycles. The lowest BCUT2D eigenvalue weighted by atomic mass is 9.95. The van der Waals surface area contributed by atoms with Crippen LogP contribution in [0.25, 0.3) is 0 Å². The molecule has 0 spiro atoms. The van der Waals surface area contributed by atoms with Crippen molar-refractivity contribution in [2.24, 2.45) is 0 Å². The number of amides is 1. The van der Waals surface area contributed by atoms with E-state index < -0.39 is 0 Å². The molecule has 2 heterocycles. The second-order valence-corrected chi connectivity index (χ2v) is 6.84. The minimum atomic E-state index is 0.0916. The third kappa shape index (κ3) is 3.03. The molecule has 1 atom stereocenters. The molecule has 0 bridgehead atoms. The maximum Gasteiger partial charge on any atom is 0.274 e. The number of carbonyl (C=O) groups is 1. The lowest BCUT2D eigenvalue weighted by Gasteiger charge is -2.33. The van der Waals surface area contributed by atoms with Crippen LogP contribution in [0, 0.1) is 0 Å². The number of aromatic amines is 1. The van der Waals surface area contributed by atoms with Gasteiger partial charge in [0.1, 0.15) is 0 Å². The van der Waals surface area contributed by atoms with Crippen LogP contribution in [0.2, 0.25) is 0 Å². The van der Waals surface area contributed by atoms with Gasteiger partial charge in [-0.3, -0.25) is 9.89 Å². The summed E-state index contributed by atoms with van der Waals surface area (Å²) in [5.41, 5.74) is 4.10. The van der Waals surface area contributed by atoms with Crippen molar-refractivity contribution in [1.82, 2.24) is 15.1 Å². The highest BCUT2D eigenvalue weighted by Crippen LogP contribution is 2.24. The van der Waals surface area contributed by atoms with E-state index in [0.717, 1.165) is 56.4 Å². The van der Waals surface area contributed by atoms with Crippen molar-refractivity contribution in [2.45, 2.75) is 44.6 Å². The Morgan fingerprint density at radius 1 is 1.17 bits per heavy atom. The van der Waals surface area contributed by atoms with Crippen molar-refractivity contribution in [3.63, 3.8) is 0 Å². The van der Waals surface area contributed by atoms with E-state index in [-0.39, 0.29) is 5.91 Å². The lowest BCUT2D eigenvalue weighted by molar-refractivity contribution is 0.0707. The number of aromatic nitrogens is 2. The zero-order valence-electron chi connectivity index (χ0n) is 13.9. The summed E-state index contributed by atoms with van der Waals surface area (Å²) in [7, 11) is 0. The van der Waals surface area contributed by atoms with E-state index in [1.807, 2.05) is 23.1 Å². The number of carbonyl (C=O) groups excluding carboxylic acids is 1. The fraction of sp³-hybridized carbons (Fsp3) is 0.474. The van der Waals surface area contributed by atoms with Gasteiger partial charge in [0, 0.05) is 36.1 Å². The lowest BCUT2D eigenvalue weighted by Crippen LogP contribution is -2.45. The highest BCUT2D eigenvalue weighted by molar-refractivity contribution is 5.94. The van der Waals surface area contributed by atoms with Crippen LogP contribution in [0.4, 0.5) is 5.69 Å². The number of nitrogens with zero attached hydrogens (tertiary/aromatic N) is 2. The van der Waals surface area contributed by atoms with Crippen molar-refractivity contribution < 1.29 is 4.79 Å². The zero-order valence-corrected chi connectivity index (χ0v) is 13.9. The molecule has 1 fully saturated rings. The molecule has 0 unspecified atom stereocenters. The van der Waals surface area contributed by atoms with Gasteiger partial charge in [-0.05, 0) is 50.7 Å². The molecule has 5 heteroatoms. The number of para-hydroxylation sites is 1. The molecule has 2 aliphatic rings. The molecular weight excluding hydrogens is 300 g/mol. The summed E-state index contributed by atoms with van der Waals surface area (Å²) in [5, 5.41) is 11.0. The third-order valence-corrected chi connectivity index (χ3v) is 5.11. The number of piperidine rings is 1. The van der Waals surface area contributed by atoms with E-state index in [1.54, 1.807) is 0 Å². The topological polar surface area (TPSA) is 61.0 Å². The van der Waals surface area contributed by atoms with Crippen LogP contribution in [-0.2, 0) is 12.8 Å². The van der Waals surface area contributed by atoms with Crippen molar-refractivity contribution in [2.75, 3.05) is 18.4 Å². The van der Waals surface area contributed by atoms with E-state index in [4.69, 9.17) is 0 Å². The number of hydrogen-bond donors (Lipinski definition) is 2. The average Bonchev–Trinajstić information content (AvgIpc) is 3.06. The molecule has 5 nitrogen and oxygen atoms in total. The number of fused-ring (bicyclic) bond motifs is 1. The fourth-order valence-corrected chi connectivity index (χ4v) is 3.86. The van der Waals surface area contributed by atoms with Gasteiger partial charge in [0.15, 0.2) is 5.69 Å². The summed E-state index contributed by atoms with van der Waals surface area (Å²) in [6.07, 6.45) is 6.47. The molecule has 1 aromatic carbocycles. The molecule has 24 heavy (non-hydrogen) atoms. The molecule has 0 saturated carbocycles. The SMILES string of the molecule is O=C(c1n[nH]c2c1CCCC2)N1CCC[C@H](Nc2ccccc2)C1. The van der Waals surface area contributed by atoms with E-state index in [2.05, 4.69) is 27.6 Å². The van der Waals surface area contributed by atoms with Crippen molar-refractivity contribution in [3.8, 4) is 0 Å². The molecular formula is C19H24N4O. The number of H-pyrrole nitrogens is 1. The molecule has 2 N–H and O–H groups in total. The van der Waals surface area contributed by atoms with Crippen LogP contribution in [0.3, 0.4) is 0 Å². The molecule has 126 valence electrons. The van der Waals surface area contributed by atoms with Crippen LogP contribution in [0.5, 0.6) is 0 Å². The first-order valence-electron chi connectivity index (χ1n) is 8.98. The number of aryl methyl sites for hydroxylation is 1. The predicted octanol–water partition coefficient (Wildman–Crippen LogP) is 3.01. The minimum Gasteiger partial charge on any atom is -0.381 e. The van der Waals surface area contributed by atoms with Gasteiger partial charge in [-0.15, -0.1) is 0 Å². The van der Waals surface area contributed by atoms with Crippen molar-refractivity contribution >= 4 is 11.6 Å². The summed E-state index contributed by atoms with van der Waals surface area (Å²) in [5.74, 6) is 0.0916. The Labute approximate surface area is 142 Å². The van der Waals surface area contributed by atoms with Crippen LogP contribution < -0.4 is 5.32 Å². The first-order valence-corrected chi connectivity index (χ1v) is 8.98. The van der Waals surface area contributed by atoms with Gasteiger partial charge in [-0.2, -0.15) is 5.10 Å². The number of benzene rings is 1. The Hall–Kier alpha value is -2.30. The van der Waals surface area contributed by atoms with Gasteiger partial charge in [0.05, 0.1) is 0 Å². The standard InChI is InChI=1S/C19H24N4O/c24-19(18-16-10-4-5-11-17(16)21-22-18)23-12-6-9-15(13-23)20-14-7-2-1-3-8-14/h1-3,7-8,15,20H,4-6,9-13H2,(H,21,22)/t15-/m0/s1. The van der Waals surface area contributed by atoms with Crippen molar-refractivity contribution in [1.29, 1.82) is 0 Å². The Balaban J connectivity index is 1.46. The normalized spacial score (nSPS) is 20.5. The van der Waals surface area contributed by atoms with E-state index in [1.165, 1.54) is 12.1 Å². The maximum absolute atomic E-state index is 12.9. The molecule has 1 amide bonds. The molecule has 1 aromatic heterocycles. The first kappa shape index (κ1) is 15.2. The van der Waals surface area contributed by atoms with E-state index in [9.17, 15) is 4.79 Å². The summed E-state index contributed by atoms with van der Waals surface area (Å²) in [6, 6.07) is 10.5. The first-order chi connectivity index (χ1) is 11.8. The molecule has 2 aromatic rings.